The molecule has 0 aliphatic rings. The van der Waals surface area contributed by atoms with E-state index in [2.05, 4.69) is 161 Å². The van der Waals surface area contributed by atoms with Crippen LogP contribution in [0.3, 0.4) is 0 Å². The normalized spacial score (nSPS) is 11.6. The van der Waals surface area contributed by atoms with E-state index >= 15 is 0 Å². The minimum Gasteiger partial charge on any atom is -0.309 e. The van der Waals surface area contributed by atoms with Crippen molar-refractivity contribution in [1.82, 2.24) is 24.1 Å². The number of fused-ring (bicyclic) bond motifs is 6. The fourth-order valence-corrected chi connectivity index (χ4v) is 8.24. The van der Waals surface area contributed by atoms with E-state index in [1.54, 1.807) is 0 Å². The molecule has 0 aliphatic carbocycles. The van der Waals surface area contributed by atoms with Gasteiger partial charge in [-0.05, 0) is 90.0 Å². The van der Waals surface area contributed by atoms with Gasteiger partial charge in [0.25, 0.3) is 0 Å². The smallest absolute Gasteiger partial charge is 0.160 e. The predicted octanol–water partition coefficient (Wildman–Crippen LogP) is 12.7. The van der Waals surface area contributed by atoms with Gasteiger partial charge in [0.1, 0.15) is 0 Å². The Morgan fingerprint density at radius 1 is 0.357 bits per heavy atom. The van der Waals surface area contributed by atoms with Crippen molar-refractivity contribution in [3.63, 3.8) is 0 Å². The predicted molar refractivity (Wildman–Crippen MR) is 230 cm³/mol. The second-order valence-corrected chi connectivity index (χ2v) is 14.1. The molecule has 0 spiro atoms. The highest BCUT2D eigenvalue weighted by Gasteiger charge is 2.19. The van der Waals surface area contributed by atoms with Crippen molar-refractivity contribution < 1.29 is 0 Å². The van der Waals surface area contributed by atoms with Crippen LogP contribution in [-0.2, 0) is 0 Å². The van der Waals surface area contributed by atoms with Gasteiger partial charge in [-0.2, -0.15) is 0 Å². The summed E-state index contributed by atoms with van der Waals surface area (Å²) in [7, 11) is 0. The summed E-state index contributed by atoms with van der Waals surface area (Å²) in [6, 6.07) is 68.2. The Morgan fingerprint density at radius 3 is 1.68 bits per heavy atom. The van der Waals surface area contributed by atoms with Crippen LogP contribution in [0.5, 0.6) is 0 Å². The zero-order valence-electron chi connectivity index (χ0n) is 30.3. The Labute approximate surface area is 323 Å². The third-order valence-corrected chi connectivity index (χ3v) is 10.8. The molecule has 0 radical (unpaired) electrons. The lowest BCUT2D eigenvalue weighted by molar-refractivity contribution is 1.16. The van der Waals surface area contributed by atoms with Gasteiger partial charge in [0.15, 0.2) is 5.82 Å². The molecule has 11 aromatic rings. The van der Waals surface area contributed by atoms with Gasteiger partial charge in [-0.3, -0.25) is 4.98 Å². The SMILES string of the molecule is c1ccc(-c2cc(-c3ccccc3)nc(-c3ccc(-n4c5cc(-c6cccc7c6c6ccccc6n7-c6ccccc6)ccc5c5ncccc54)cc3)n2)cc1. The third kappa shape index (κ3) is 5.21. The Hall–Kier alpha value is -7.63. The second-order valence-electron chi connectivity index (χ2n) is 14.1. The zero-order valence-corrected chi connectivity index (χ0v) is 30.3. The molecule has 0 aliphatic heterocycles. The van der Waals surface area contributed by atoms with Gasteiger partial charge in [-0.25, -0.2) is 9.97 Å². The monoisotopic (exact) mass is 715 g/mol. The second kappa shape index (κ2) is 13.0. The largest absolute Gasteiger partial charge is 0.309 e. The molecule has 0 unspecified atom stereocenters. The fourth-order valence-electron chi connectivity index (χ4n) is 8.24. The molecule has 4 heterocycles. The van der Waals surface area contributed by atoms with Crippen molar-refractivity contribution in [2.45, 2.75) is 0 Å². The van der Waals surface area contributed by atoms with Crippen LogP contribution in [0.4, 0.5) is 0 Å². The molecule has 11 rings (SSSR count). The highest BCUT2D eigenvalue weighted by Crippen LogP contribution is 2.41. The first-order valence-corrected chi connectivity index (χ1v) is 18.9. The molecule has 0 N–H and O–H groups in total. The lowest BCUT2D eigenvalue weighted by Crippen LogP contribution is -1.97. The highest BCUT2D eigenvalue weighted by atomic mass is 15.0. The van der Waals surface area contributed by atoms with Crippen LogP contribution in [0.15, 0.2) is 200 Å². The molecule has 0 fully saturated rings. The summed E-state index contributed by atoms with van der Waals surface area (Å²) >= 11 is 0. The molecule has 0 saturated heterocycles. The number of hydrogen-bond acceptors (Lipinski definition) is 3. The van der Waals surface area contributed by atoms with E-state index in [-0.39, 0.29) is 0 Å². The maximum Gasteiger partial charge on any atom is 0.160 e. The van der Waals surface area contributed by atoms with E-state index in [1.165, 1.54) is 27.4 Å². The van der Waals surface area contributed by atoms with Gasteiger partial charge >= 0.3 is 0 Å². The molecule has 0 atom stereocenters. The number of rotatable bonds is 6. The van der Waals surface area contributed by atoms with Crippen LogP contribution in [0.2, 0.25) is 0 Å². The van der Waals surface area contributed by atoms with Crippen LogP contribution in [0.25, 0.3) is 100 Å². The van der Waals surface area contributed by atoms with Crippen molar-refractivity contribution in [2.24, 2.45) is 0 Å². The van der Waals surface area contributed by atoms with Crippen LogP contribution in [-0.4, -0.2) is 24.1 Å². The van der Waals surface area contributed by atoms with Crippen molar-refractivity contribution in [3.05, 3.63) is 200 Å². The summed E-state index contributed by atoms with van der Waals surface area (Å²) in [6.07, 6.45) is 1.88. The summed E-state index contributed by atoms with van der Waals surface area (Å²) in [5, 5.41) is 3.58. The van der Waals surface area contributed by atoms with Gasteiger partial charge in [-0.15, -0.1) is 0 Å². The number of aromatic nitrogens is 5. The van der Waals surface area contributed by atoms with Gasteiger partial charge < -0.3 is 9.13 Å². The Balaban J connectivity index is 1.07. The summed E-state index contributed by atoms with van der Waals surface area (Å²) in [4.78, 5) is 15.0. The van der Waals surface area contributed by atoms with Crippen LogP contribution in [0, 0.1) is 0 Å². The first-order valence-electron chi connectivity index (χ1n) is 18.9. The number of nitrogens with zero attached hydrogens (tertiary/aromatic N) is 5. The Bertz CT molecular complexity index is 3160. The minimum absolute atomic E-state index is 0.686. The van der Waals surface area contributed by atoms with E-state index in [0.717, 1.165) is 67.0 Å². The van der Waals surface area contributed by atoms with Gasteiger partial charge in [0, 0.05) is 50.4 Å². The Morgan fingerprint density at radius 2 is 0.946 bits per heavy atom. The molecule has 0 amide bonds. The van der Waals surface area contributed by atoms with Gasteiger partial charge in [-0.1, -0.05) is 115 Å². The van der Waals surface area contributed by atoms with E-state index < -0.39 is 0 Å². The van der Waals surface area contributed by atoms with Crippen molar-refractivity contribution in [3.8, 4) is 56.4 Å². The average Bonchev–Trinajstić information content (AvgIpc) is 3.80. The average molecular weight is 716 g/mol. The molecule has 5 heteroatoms. The van der Waals surface area contributed by atoms with Crippen LogP contribution < -0.4 is 0 Å². The summed E-state index contributed by atoms with van der Waals surface area (Å²) in [5.41, 5.74) is 14.9. The van der Waals surface area contributed by atoms with E-state index in [4.69, 9.17) is 15.0 Å². The maximum absolute atomic E-state index is 5.07. The van der Waals surface area contributed by atoms with Crippen LogP contribution in [0.1, 0.15) is 0 Å². The van der Waals surface area contributed by atoms with Crippen LogP contribution >= 0.6 is 0 Å². The molecule has 56 heavy (non-hydrogen) atoms. The fraction of sp³-hybridized carbons (Fsp3) is 0. The topological polar surface area (TPSA) is 48.5 Å². The minimum atomic E-state index is 0.686. The first kappa shape index (κ1) is 31.9. The summed E-state index contributed by atoms with van der Waals surface area (Å²) in [5.74, 6) is 0.686. The van der Waals surface area contributed by atoms with E-state index in [1.807, 2.05) is 48.7 Å². The quantitative estimate of drug-likeness (QED) is 0.172. The number of benzene rings is 7. The van der Waals surface area contributed by atoms with Crippen molar-refractivity contribution in [2.75, 3.05) is 0 Å². The molecule has 262 valence electrons. The standard InChI is InChI=1S/C51H33N5/c1-4-14-34(15-5-1)43-33-44(35-16-6-2-7-17-35)54-51(53-43)36-25-28-39(29-26-36)56-47-24-13-31-52-50(47)42-30-27-37(32-48(42)56)40-21-12-23-46-49(40)41-20-10-11-22-45(41)55(46)38-18-8-3-9-19-38/h1-33H. The van der Waals surface area contributed by atoms with E-state index in [9.17, 15) is 0 Å². The molecular formula is C51H33N5. The number of para-hydroxylation sites is 2. The van der Waals surface area contributed by atoms with Gasteiger partial charge in [0.05, 0.1) is 39.0 Å². The first-order chi connectivity index (χ1) is 27.8. The van der Waals surface area contributed by atoms with Crippen molar-refractivity contribution in [1.29, 1.82) is 0 Å². The van der Waals surface area contributed by atoms with Gasteiger partial charge in [0.2, 0.25) is 0 Å². The third-order valence-electron chi connectivity index (χ3n) is 10.8. The zero-order chi connectivity index (χ0) is 37.0. The maximum atomic E-state index is 5.07. The number of pyridine rings is 1. The van der Waals surface area contributed by atoms with Crippen molar-refractivity contribution >= 4 is 43.7 Å². The molecule has 7 aromatic carbocycles. The molecule has 0 bridgehead atoms. The lowest BCUT2D eigenvalue weighted by Gasteiger charge is -2.12. The Kier molecular flexibility index (Phi) is 7.42. The summed E-state index contributed by atoms with van der Waals surface area (Å²) < 4.78 is 4.70. The molecule has 0 saturated carbocycles. The molecule has 4 aromatic heterocycles. The highest BCUT2D eigenvalue weighted by molar-refractivity contribution is 6.17. The molecule has 5 nitrogen and oxygen atoms in total. The van der Waals surface area contributed by atoms with E-state index in [0.29, 0.717) is 5.82 Å². The molecular weight excluding hydrogens is 683 g/mol. The number of hydrogen-bond donors (Lipinski definition) is 0. The lowest BCUT2D eigenvalue weighted by atomic mass is 9.98. The summed E-state index contributed by atoms with van der Waals surface area (Å²) in [6.45, 7) is 0.